The largest absolute Gasteiger partial charge is 0.466 e. The third-order valence-electron chi connectivity index (χ3n) is 3.59. The fraction of sp³-hybridized carbons (Fsp3) is 0.438. The molecule has 0 aliphatic carbocycles. The molecule has 1 fully saturated rings. The second kappa shape index (κ2) is 6.89. The Bertz CT molecular complexity index is 560. The number of carbonyl (C=O) groups excluding carboxylic acids is 2. The highest BCUT2D eigenvalue weighted by Crippen LogP contribution is 2.20. The summed E-state index contributed by atoms with van der Waals surface area (Å²) in [6.07, 6.45) is 1.56. The fourth-order valence-corrected chi connectivity index (χ4v) is 2.48. The normalized spacial score (nSPS) is 17.9. The molecular weight excluding hydrogens is 268 g/mol. The third kappa shape index (κ3) is 3.60. The minimum Gasteiger partial charge on any atom is -0.466 e. The zero-order chi connectivity index (χ0) is 15.2. The van der Waals surface area contributed by atoms with E-state index in [1.807, 2.05) is 6.07 Å². The summed E-state index contributed by atoms with van der Waals surface area (Å²) in [6.45, 7) is 3.19. The van der Waals surface area contributed by atoms with Gasteiger partial charge in [-0.25, -0.2) is 0 Å². The number of hydrogen-bond donors (Lipinski definition) is 0. The first-order valence-corrected chi connectivity index (χ1v) is 7.11. The van der Waals surface area contributed by atoms with Crippen LogP contribution in [0.3, 0.4) is 0 Å². The van der Waals surface area contributed by atoms with Crippen molar-refractivity contribution in [1.29, 1.82) is 5.26 Å². The maximum absolute atomic E-state index is 12.4. The van der Waals surface area contributed by atoms with Crippen LogP contribution in [0.15, 0.2) is 24.3 Å². The van der Waals surface area contributed by atoms with Crippen LogP contribution < -0.4 is 0 Å². The average Bonchev–Trinajstić information content (AvgIpc) is 2.54. The van der Waals surface area contributed by atoms with Crippen LogP contribution in [0.5, 0.6) is 0 Å². The number of nitriles is 1. The summed E-state index contributed by atoms with van der Waals surface area (Å²) in [6, 6.07) is 8.57. The molecule has 1 aliphatic rings. The monoisotopic (exact) mass is 286 g/mol. The number of benzene rings is 1. The maximum atomic E-state index is 12.4. The third-order valence-corrected chi connectivity index (χ3v) is 3.59. The van der Waals surface area contributed by atoms with E-state index in [-0.39, 0.29) is 17.8 Å². The lowest BCUT2D eigenvalue weighted by atomic mass is 9.97. The van der Waals surface area contributed by atoms with Crippen LogP contribution in [0, 0.1) is 17.2 Å². The van der Waals surface area contributed by atoms with Gasteiger partial charge in [-0.15, -0.1) is 0 Å². The molecule has 110 valence electrons. The molecule has 0 radical (unpaired) electrons. The predicted octanol–water partition coefficient (Wildman–Crippen LogP) is 1.97. The van der Waals surface area contributed by atoms with Crippen LogP contribution in [-0.4, -0.2) is 36.5 Å². The Balaban J connectivity index is 2.04. The number of rotatable bonds is 3. The van der Waals surface area contributed by atoms with Gasteiger partial charge in [0.2, 0.25) is 0 Å². The van der Waals surface area contributed by atoms with Crippen molar-refractivity contribution in [2.45, 2.75) is 19.8 Å². The fourth-order valence-electron chi connectivity index (χ4n) is 2.48. The topological polar surface area (TPSA) is 70.4 Å². The Hall–Kier alpha value is -2.35. The number of ether oxygens (including phenoxy) is 1. The minimum atomic E-state index is -0.235. The van der Waals surface area contributed by atoms with Gasteiger partial charge in [-0.1, -0.05) is 0 Å². The smallest absolute Gasteiger partial charge is 0.310 e. The summed E-state index contributed by atoms with van der Waals surface area (Å²) < 4.78 is 5.03. The number of carbonyl (C=O) groups is 2. The Morgan fingerprint density at radius 1 is 1.38 bits per heavy atom. The molecule has 0 aromatic heterocycles. The maximum Gasteiger partial charge on any atom is 0.310 e. The molecule has 1 amide bonds. The standard InChI is InChI=1S/C16H18N2O3/c1-2-21-16(20)14-4-3-9-18(11-14)15(19)13-7-5-12(10-17)6-8-13/h5-8,14H,2-4,9,11H2,1H3/t14-/m0/s1. The van der Waals surface area contributed by atoms with E-state index in [4.69, 9.17) is 10.00 Å². The Labute approximate surface area is 124 Å². The van der Waals surface area contributed by atoms with Crippen molar-refractivity contribution in [1.82, 2.24) is 4.90 Å². The number of nitrogens with zero attached hydrogens (tertiary/aromatic N) is 2. The van der Waals surface area contributed by atoms with E-state index in [9.17, 15) is 9.59 Å². The number of piperidine rings is 1. The molecule has 1 atom stereocenters. The summed E-state index contributed by atoms with van der Waals surface area (Å²) in [7, 11) is 0. The zero-order valence-electron chi connectivity index (χ0n) is 12.0. The van der Waals surface area contributed by atoms with Gasteiger partial charge >= 0.3 is 5.97 Å². The van der Waals surface area contributed by atoms with Gasteiger partial charge in [0, 0.05) is 18.7 Å². The van der Waals surface area contributed by atoms with Crippen molar-refractivity contribution in [2.24, 2.45) is 5.92 Å². The molecule has 1 saturated heterocycles. The molecule has 0 bridgehead atoms. The Kier molecular flexibility index (Phi) is 4.94. The lowest BCUT2D eigenvalue weighted by Crippen LogP contribution is -2.42. The van der Waals surface area contributed by atoms with Crippen molar-refractivity contribution in [3.63, 3.8) is 0 Å². The van der Waals surface area contributed by atoms with Gasteiger partial charge in [0.05, 0.1) is 24.2 Å². The molecular formula is C16H18N2O3. The highest BCUT2D eigenvalue weighted by Gasteiger charge is 2.29. The van der Waals surface area contributed by atoms with Gasteiger partial charge in [-0.2, -0.15) is 5.26 Å². The number of esters is 1. The Morgan fingerprint density at radius 3 is 2.71 bits per heavy atom. The van der Waals surface area contributed by atoms with Crippen molar-refractivity contribution in [3.05, 3.63) is 35.4 Å². The molecule has 2 rings (SSSR count). The molecule has 0 N–H and O–H groups in total. The van der Waals surface area contributed by atoms with Crippen molar-refractivity contribution in [2.75, 3.05) is 19.7 Å². The van der Waals surface area contributed by atoms with Crippen molar-refractivity contribution < 1.29 is 14.3 Å². The minimum absolute atomic E-state index is 0.103. The van der Waals surface area contributed by atoms with Crippen LogP contribution >= 0.6 is 0 Å². The zero-order valence-corrected chi connectivity index (χ0v) is 12.0. The molecule has 1 aromatic carbocycles. The SMILES string of the molecule is CCOC(=O)[C@H]1CCCN(C(=O)c2ccc(C#N)cc2)C1. The van der Waals surface area contributed by atoms with E-state index >= 15 is 0 Å². The lowest BCUT2D eigenvalue weighted by molar-refractivity contribution is -0.149. The van der Waals surface area contributed by atoms with Gasteiger partial charge < -0.3 is 9.64 Å². The average molecular weight is 286 g/mol. The molecule has 1 aliphatic heterocycles. The molecule has 21 heavy (non-hydrogen) atoms. The first-order valence-electron chi connectivity index (χ1n) is 7.11. The number of amides is 1. The van der Waals surface area contributed by atoms with Crippen molar-refractivity contribution >= 4 is 11.9 Å². The predicted molar refractivity (Wildman–Crippen MR) is 76.4 cm³/mol. The van der Waals surface area contributed by atoms with Gasteiger partial charge in [0.25, 0.3) is 5.91 Å². The van der Waals surface area contributed by atoms with E-state index in [1.165, 1.54) is 0 Å². The molecule has 5 heteroatoms. The summed E-state index contributed by atoms with van der Waals surface area (Å²) in [5, 5.41) is 8.77. The summed E-state index contributed by atoms with van der Waals surface area (Å²) in [4.78, 5) is 25.9. The summed E-state index contributed by atoms with van der Waals surface area (Å²) in [5.41, 5.74) is 1.06. The van der Waals surface area contributed by atoms with Crippen LogP contribution in [-0.2, 0) is 9.53 Å². The molecule has 0 saturated carbocycles. The van der Waals surface area contributed by atoms with Gasteiger partial charge in [0.15, 0.2) is 0 Å². The molecule has 0 spiro atoms. The summed E-state index contributed by atoms with van der Waals surface area (Å²) >= 11 is 0. The molecule has 5 nitrogen and oxygen atoms in total. The van der Waals surface area contributed by atoms with E-state index in [2.05, 4.69) is 0 Å². The van der Waals surface area contributed by atoms with E-state index in [0.29, 0.717) is 30.8 Å². The number of likely N-dealkylation sites (tertiary alicyclic amines) is 1. The molecule has 1 heterocycles. The second-order valence-electron chi connectivity index (χ2n) is 5.03. The van der Waals surface area contributed by atoms with Crippen LogP contribution in [0.25, 0.3) is 0 Å². The van der Waals surface area contributed by atoms with Crippen LogP contribution in [0.4, 0.5) is 0 Å². The highest BCUT2D eigenvalue weighted by molar-refractivity contribution is 5.94. The highest BCUT2D eigenvalue weighted by atomic mass is 16.5. The number of hydrogen-bond acceptors (Lipinski definition) is 4. The summed E-state index contributed by atoms with van der Waals surface area (Å²) in [5.74, 6) is -0.565. The first-order chi connectivity index (χ1) is 10.2. The van der Waals surface area contributed by atoms with Gasteiger partial charge in [-0.3, -0.25) is 9.59 Å². The first kappa shape index (κ1) is 15.0. The molecule has 0 unspecified atom stereocenters. The van der Waals surface area contributed by atoms with Crippen LogP contribution in [0.1, 0.15) is 35.7 Å². The lowest BCUT2D eigenvalue weighted by Gasteiger charge is -2.31. The Morgan fingerprint density at radius 2 is 2.10 bits per heavy atom. The van der Waals surface area contributed by atoms with Crippen LogP contribution in [0.2, 0.25) is 0 Å². The van der Waals surface area contributed by atoms with E-state index < -0.39 is 0 Å². The van der Waals surface area contributed by atoms with Gasteiger partial charge in [-0.05, 0) is 44.0 Å². The van der Waals surface area contributed by atoms with Gasteiger partial charge in [0.1, 0.15) is 0 Å². The second-order valence-corrected chi connectivity index (χ2v) is 5.03. The quantitative estimate of drug-likeness (QED) is 0.797. The van der Waals surface area contributed by atoms with E-state index in [1.54, 1.807) is 36.1 Å². The van der Waals surface area contributed by atoms with E-state index in [0.717, 1.165) is 12.8 Å². The molecule has 1 aromatic rings. The van der Waals surface area contributed by atoms with Crippen molar-refractivity contribution in [3.8, 4) is 6.07 Å².